The average Bonchev–Trinajstić information content (AvgIpc) is 2.53. The third-order valence-corrected chi connectivity index (χ3v) is 5.31. The van der Waals surface area contributed by atoms with E-state index in [-0.39, 0.29) is 6.04 Å². The van der Waals surface area contributed by atoms with Crippen LogP contribution in [0.15, 0.2) is 0 Å². The fourth-order valence-electron chi connectivity index (χ4n) is 3.54. The Kier molecular flexibility index (Phi) is 9.38. The minimum Gasteiger partial charge on any atom is -0.348 e. The molecule has 0 aromatic carbocycles. The molecule has 1 aliphatic carbocycles. The van der Waals surface area contributed by atoms with Crippen molar-refractivity contribution in [1.29, 1.82) is 0 Å². The summed E-state index contributed by atoms with van der Waals surface area (Å²) in [6, 6.07) is 0.163. The van der Waals surface area contributed by atoms with Gasteiger partial charge in [-0.3, -0.25) is 9.59 Å². The third-order valence-electron chi connectivity index (χ3n) is 5.31. The Morgan fingerprint density at radius 1 is 0.875 bits per heavy atom. The molecule has 1 rings (SSSR count). The summed E-state index contributed by atoms with van der Waals surface area (Å²) in [7, 11) is 0. The molecule has 2 N–H and O–H groups in total. The van der Waals surface area contributed by atoms with Crippen LogP contribution in [0.3, 0.4) is 0 Å². The Labute approximate surface area is 148 Å². The van der Waals surface area contributed by atoms with Crippen molar-refractivity contribution in [3.63, 3.8) is 0 Å². The van der Waals surface area contributed by atoms with Crippen LogP contribution in [0.25, 0.3) is 0 Å². The fourth-order valence-corrected chi connectivity index (χ4v) is 3.54. The van der Waals surface area contributed by atoms with Gasteiger partial charge in [0.05, 0.1) is 0 Å². The van der Waals surface area contributed by atoms with Crippen molar-refractivity contribution in [2.45, 2.75) is 97.9 Å². The number of nitrogens with one attached hydrogen (secondary N) is 2. The van der Waals surface area contributed by atoms with Crippen LogP contribution in [-0.2, 0) is 9.59 Å². The minimum absolute atomic E-state index is 0.163. The molecular formula is C20H38N2O2. The molecule has 0 aromatic rings. The van der Waals surface area contributed by atoms with Gasteiger partial charge in [0.1, 0.15) is 0 Å². The fraction of sp³-hybridized carbons (Fsp3) is 0.900. The second kappa shape index (κ2) is 10.7. The first kappa shape index (κ1) is 21.0. The number of unbranched alkanes of at least 4 members (excludes halogenated alkanes) is 5. The Hall–Kier alpha value is -1.06. The van der Waals surface area contributed by atoms with Crippen molar-refractivity contribution < 1.29 is 9.59 Å². The maximum Gasteiger partial charge on any atom is 0.309 e. The summed E-state index contributed by atoms with van der Waals surface area (Å²) < 4.78 is 0. The van der Waals surface area contributed by atoms with Crippen molar-refractivity contribution in [1.82, 2.24) is 10.6 Å². The molecule has 0 atom stereocenters. The van der Waals surface area contributed by atoms with Crippen LogP contribution in [0.2, 0.25) is 0 Å². The van der Waals surface area contributed by atoms with Crippen LogP contribution in [-0.4, -0.2) is 24.4 Å². The Morgan fingerprint density at radius 2 is 1.46 bits per heavy atom. The Balaban J connectivity index is 2.13. The molecule has 1 fully saturated rings. The van der Waals surface area contributed by atoms with Crippen LogP contribution in [0.4, 0.5) is 0 Å². The van der Waals surface area contributed by atoms with E-state index in [9.17, 15) is 9.59 Å². The molecule has 0 saturated heterocycles. The van der Waals surface area contributed by atoms with Gasteiger partial charge in [0, 0.05) is 12.6 Å². The standard InChI is InChI=1S/C20H38N2O2/c1-5-6-7-8-9-10-15-21-18(23)19(24)22-17-13-11-16(12-14-17)20(2,3)4/h16-17H,5-15H2,1-4H3,(H,21,23)(H,22,24). The molecule has 4 nitrogen and oxygen atoms in total. The molecule has 1 saturated carbocycles. The van der Waals surface area contributed by atoms with Gasteiger partial charge in [0.25, 0.3) is 0 Å². The molecule has 0 heterocycles. The molecule has 1 aliphatic rings. The van der Waals surface area contributed by atoms with Gasteiger partial charge >= 0.3 is 11.8 Å². The van der Waals surface area contributed by atoms with Gasteiger partial charge in [0.2, 0.25) is 0 Å². The number of carbonyl (C=O) groups excluding carboxylic acids is 2. The highest BCUT2D eigenvalue weighted by molar-refractivity contribution is 6.35. The van der Waals surface area contributed by atoms with Crippen molar-refractivity contribution in [2.75, 3.05) is 6.54 Å². The molecule has 140 valence electrons. The van der Waals surface area contributed by atoms with Gasteiger partial charge in [-0.1, -0.05) is 59.8 Å². The molecule has 0 spiro atoms. The molecule has 0 unspecified atom stereocenters. The smallest absolute Gasteiger partial charge is 0.309 e. The van der Waals surface area contributed by atoms with Crippen molar-refractivity contribution in [3.8, 4) is 0 Å². The van der Waals surface area contributed by atoms with Gasteiger partial charge in [-0.25, -0.2) is 0 Å². The number of rotatable bonds is 8. The van der Waals surface area contributed by atoms with Gasteiger partial charge in [-0.2, -0.15) is 0 Å². The second-order valence-corrected chi connectivity index (χ2v) is 8.41. The zero-order chi connectivity index (χ0) is 18.0. The quantitative estimate of drug-likeness (QED) is 0.515. The van der Waals surface area contributed by atoms with Gasteiger partial charge in [0.15, 0.2) is 0 Å². The number of amides is 2. The van der Waals surface area contributed by atoms with Crippen LogP contribution < -0.4 is 10.6 Å². The van der Waals surface area contributed by atoms with E-state index in [4.69, 9.17) is 0 Å². The maximum atomic E-state index is 12.0. The lowest BCUT2D eigenvalue weighted by molar-refractivity contribution is -0.139. The van der Waals surface area contributed by atoms with Gasteiger partial charge in [-0.05, 0) is 43.4 Å². The lowest BCUT2D eigenvalue weighted by Gasteiger charge is -2.37. The molecule has 24 heavy (non-hydrogen) atoms. The molecule has 2 amide bonds. The predicted octanol–water partition coefficient (Wildman–Crippen LogP) is 4.18. The summed E-state index contributed by atoms with van der Waals surface area (Å²) in [5.41, 5.74) is 0.337. The topological polar surface area (TPSA) is 58.2 Å². The van der Waals surface area contributed by atoms with E-state index in [1.54, 1.807) is 0 Å². The molecular weight excluding hydrogens is 300 g/mol. The lowest BCUT2D eigenvalue weighted by atomic mass is 9.71. The van der Waals surface area contributed by atoms with Crippen LogP contribution in [0.1, 0.15) is 91.9 Å². The summed E-state index contributed by atoms with van der Waals surface area (Å²) >= 11 is 0. The highest BCUT2D eigenvalue weighted by Gasteiger charge is 2.30. The number of hydrogen-bond acceptors (Lipinski definition) is 2. The molecule has 0 radical (unpaired) electrons. The van der Waals surface area contributed by atoms with Crippen LogP contribution >= 0.6 is 0 Å². The predicted molar refractivity (Wildman–Crippen MR) is 99.7 cm³/mol. The molecule has 0 aliphatic heterocycles. The van der Waals surface area contributed by atoms with E-state index in [1.165, 1.54) is 25.7 Å². The van der Waals surface area contributed by atoms with E-state index < -0.39 is 11.8 Å². The third kappa shape index (κ3) is 8.16. The maximum absolute atomic E-state index is 12.0. The van der Waals surface area contributed by atoms with E-state index in [0.717, 1.165) is 38.5 Å². The van der Waals surface area contributed by atoms with Crippen molar-refractivity contribution >= 4 is 11.8 Å². The first-order chi connectivity index (χ1) is 11.3. The van der Waals surface area contributed by atoms with E-state index in [2.05, 4.69) is 38.3 Å². The minimum atomic E-state index is -0.471. The average molecular weight is 339 g/mol. The first-order valence-corrected chi connectivity index (χ1v) is 9.93. The Bertz CT molecular complexity index is 380. The molecule has 4 heteroatoms. The zero-order valence-corrected chi connectivity index (χ0v) is 16.2. The zero-order valence-electron chi connectivity index (χ0n) is 16.2. The first-order valence-electron chi connectivity index (χ1n) is 9.93. The largest absolute Gasteiger partial charge is 0.348 e. The van der Waals surface area contributed by atoms with E-state index >= 15 is 0 Å². The lowest BCUT2D eigenvalue weighted by Crippen LogP contribution is -2.46. The number of hydrogen-bond donors (Lipinski definition) is 2. The summed E-state index contributed by atoms with van der Waals surface area (Å²) in [6.07, 6.45) is 11.3. The summed E-state index contributed by atoms with van der Waals surface area (Å²) in [6.45, 7) is 9.66. The molecule has 0 aromatic heterocycles. The summed E-state index contributed by atoms with van der Waals surface area (Å²) in [5, 5.41) is 5.65. The second-order valence-electron chi connectivity index (χ2n) is 8.41. The van der Waals surface area contributed by atoms with E-state index in [0.29, 0.717) is 17.9 Å². The van der Waals surface area contributed by atoms with Gasteiger partial charge < -0.3 is 10.6 Å². The van der Waals surface area contributed by atoms with Crippen molar-refractivity contribution in [3.05, 3.63) is 0 Å². The van der Waals surface area contributed by atoms with Crippen LogP contribution in [0.5, 0.6) is 0 Å². The SMILES string of the molecule is CCCCCCCCNC(=O)C(=O)NC1CCC(C(C)(C)C)CC1. The summed E-state index contributed by atoms with van der Waals surface area (Å²) in [5.74, 6) is -0.214. The number of carbonyl (C=O) groups is 2. The highest BCUT2D eigenvalue weighted by Crippen LogP contribution is 2.37. The summed E-state index contributed by atoms with van der Waals surface area (Å²) in [4.78, 5) is 23.8. The Morgan fingerprint density at radius 3 is 2.04 bits per heavy atom. The molecule has 0 bridgehead atoms. The normalized spacial score (nSPS) is 21.3. The van der Waals surface area contributed by atoms with Crippen LogP contribution in [0, 0.1) is 11.3 Å². The van der Waals surface area contributed by atoms with E-state index in [1.807, 2.05) is 0 Å². The highest BCUT2D eigenvalue weighted by atomic mass is 16.2. The van der Waals surface area contributed by atoms with Crippen molar-refractivity contribution in [2.24, 2.45) is 11.3 Å². The van der Waals surface area contributed by atoms with Gasteiger partial charge in [-0.15, -0.1) is 0 Å². The monoisotopic (exact) mass is 338 g/mol.